The molecule has 0 atom stereocenters. The highest BCUT2D eigenvalue weighted by atomic mass is 16.5. The van der Waals surface area contributed by atoms with Crippen LogP contribution in [0.4, 0.5) is 0 Å². The van der Waals surface area contributed by atoms with E-state index < -0.39 is 0 Å². The molecule has 1 aliphatic rings. The van der Waals surface area contributed by atoms with Gasteiger partial charge in [-0.2, -0.15) is 0 Å². The van der Waals surface area contributed by atoms with Gasteiger partial charge in [-0.25, -0.2) is 0 Å². The molecule has 14 heavy (non-hydrogen) atoms. The van der Waals surface area contributed by atoms with Crippen molar-refractivity contribution >= 4 is 0 Å². The first-order valence-corrected chi connectivity index (χ1v) is 5.56. The van der Waals surface area contributed by atoms with Gasteiger partial charge >= 0.3 is 0 Å². The van der Waals surface area contributed by atoms with Crippen LogP contribution in [0.3, 0.4) is 0 Å². The lowest BCUT2D eigenvalue weighted by Crippen LogP contribution is -2.33. The summed E-state index contributed by atoms with van der Waals surface area (Å²) in [6, 6.07) is 0. The van der Waals surface area contributed by atoms with Gasteiger partial charge in [-0.3, -0.25) is 0 Å². The van der Waals surface area contributed by atoms with Crippen molar-refractivity contribution in [1.29, 1.82) is 0 Å². The Morgan fingerprint density at radius 1 is 1.21 bits per heavy atom. The third-order valence-corrected chi connectivity index (χ3v) is 3.48. The Bertz CT molecular complexity index is 140. The van der Waals surface area contributed by atoms with Crippen molar-refractivity contribution < 1.29 is 14.9 Å². The quantitative estimate of drug-likeness (QED) is 0.704. The lowest BCUT2D eigenvalue weighted by molar-refractivity contribution is 0.000400. The zero-order valence-corrected chi connectivity index (χ0v) is 9.04. The predicted molar refractivity (Wildman–Crippen MR) is 55.1 cm³/mol. The molecular formula is C11H22O3. The number of aliphatic hydroxyl groups is 2. The maximum atomic E-state index is 9.32. The Morgan fingerprint density at radius 3 is 2.21 bits per heavy atom. The molecule has 84 valence electrons. The van der Waals surface area contributed by atoms with E-state index in [-0.39, 0.29) is 18.6 Å². The van der Waals surface area contributed by atoms with Gasteiger partial charge in [0.1, 0.15) is 0 Å². The van der Waals surface area contributed by atoms with Gasteiger partial charge in [-0.1, -0.05) is 6.92 Å². The molecule has 0 unspecified atom stereocenters. The smallest absolute Gasteiger partial charge is 0.0509 e. The van der Waals surface area contributed by atoms with E-state index in [2.05, 4.69) is 0 Å². The molecule has 0 aromatic heterocycles. The summed E-state index contributed by atoms with van der Waals surface area (Å²) < 4.78 is 5.29. The molecule has 3 heteroatoms. The van der Waals surface area contributed by atoms with E-state index in [4.69, 9.17) is 4.74 Å². The van der Waals surface area contributed by atoms with Gasteiger partial charge in [-0.15, -0.1) is 0 Å². The molecule has 0 aliphatic carbocycles. The fourth-order valence-corrected chi connectivity index (χ4v) is 2.11. The SMILES string of the molecule is CCC(CO)(CO)CC1CCOCC1. The highest BCUT2D eigenvalue weighted by Crippen LogP contribution is 2.33. The maximum absolute atomic E-state index is 9.32. The first-order valence-electron chi connectivity index (χ1n) is 5.56. The minimum atomic E-state index is -0.262. The minimum absolute atomic E-state index is 0.0946. The van der Waals surface area contributed by atoms with Gasteiger partial charge in [0.05, 0.1) is 13.2 Å². The number of rotatable bonds is 5. The second-order valence-corrected chi connectivity index (χ2v) is 4.43. The number of hydrogen-bond acceptors (Lipinski definition) is 3. The third-order valence-electron chi connectivity index (χ3n) is 3.48. The molecule has 3 nitrogen and oxygen atoms in total. The van der Waals surface area contributed by atoms with Gasteiger partial charge in [-0.05, 0) is 31.6 Å². The molecule has 0 bridgehead atoms. The summed E-state index contributed by atoms with van der Waals surface area (Å²) in [5, 5.41) is 18.6. The Kier molecular flexibility index (Phi) is 4.85. The lowest BCUT2D eigenvalue weighted by Gasteiger charge is -2.34. The van der Waals surface area contributed by atoms with Crippen LogP contribution < -0.4 is 0 Å². The highest BCUT2D eigenvalue weighted by molar-refractivity contribution is 4.80. The molecule has 0 spiro atoms. The van der Waals surface area contributed by atoms with Crippen LogP contribution in [0, 0.1) is 11.3 Å². The van der Waals surface area contributed by atoms with Gasteiger partial charge < -0.3 is 14.9 Å². The van der Waals surface area contributed by atoms with E-state index in [0.29, 0.717) is 5.92 Å². The fourth-order valence-electron chi connectivity index (χ4n) is 2.11. The average Bonchev–Trinajstić information content (AvgIpc) is 2.28. The van der Waals surface area contributed by atoms with Crippen LogP contribution in [0.5, 0.6) is 0 Å². The molecule has 1 heterocycles. The second-order valence-electron chi connectivity index (χ2n) is 4.43. The monoisotopic (exact) mass is 202 g/mol. The van der Waals surface area contributed by atoms with Crippen molar-refractivity contribution in [3.63, 3.8) is 0 Å². The summed E-state index contributed by atoms with van der Waals surface area (Å²) in [4.78, 5) is 0. The first kappa shape index (κ1) is 12.0. The lowest BCUT2D eigenvalue weighted by atomic mass is 9.76. The third kappa shape index (κ3) is 2.94. The van der Waals surface area contributed by atoms with Crippen LogP contribution in [0.2, 0.25) is 0 Å². The summed E-state index contributed by atoms with van der Waals surface area (Å²) in [6.45, 7) is 3.89. The van der Waals surface area contributed by atoms with Crippen molar-refractivity contribution in [2.24, 2.45) is 11.3 Å². The molecule has 1 rings (SSSR count). The predicted octanol–water partition coefficient (Wildman–Crippen LogP) is 1.18. The van der Waals surface area contributed by atoms with E-state index in [9.17, 15) is 10.2 Å². The summed E-state index contributed by atoms with van der Waals surface area (Å²) in [5.74, 6) is 0.614. The molecular weight excluding hydrogens is 180 g/mol. The Balaban J connectivity index is 2.44. The van der Waals surface area contributed by atoms with Crippen LogP contribution in [0.1, 0.15) is 32.6 Å². The molecule has 1 fully saturated rings. The molecule has 0 radical (unpaired) electrons. The van der Waals surface area contributed by atoms with Gasteiger partial charge in [0.2, 0.25) is 0 Å². The van der Waals surface area contributed by atoms with Crippen LogP contribution in [0.25, 0.3) is 0 Å². The highest BCUT2D eigenvalue weighted by Gasteiger charge is 2.30. The Morgan fingerprint density at radius 2 is 1.79 bits per heavy atom. The average molecular weight is 202 g/mol. The van der Waals surface area contributed by atoms with Crippen LogP contribution in [-0.4, -0.2) is 36.6 Å². The molecule has 0 aromatic carbocycles. The Labute approximate surface area is 86.1 Å². The molecule has 0 saturated carbocycles. The van der Waals surface area contributed by atoms with Gasteiger partial charge in [0.15, 0.2) is 0 Å². The van der Waals surface area contributed by atoms with E-state index in [1.807, 2.05) is 6.92 Å². The van der Waals surface area contributed by atoms with E-state index in [0.717, 1.165) is 38.9 Å². The molecule has 2 N–H and O–H groups in total. The number of aliphatic hydroxyl groups excluding tert-OH is 2. The zero-order valence-electron chi connectivity index (χ0n) is 9.04. The number of hydrogen-bond donors (Lipinski definition) is 2. The molecule has 0 amide bonds. The summed E-state index contributed by atoms with van der Waals surface area (Å²) in [7, 11) is 0. The van der Waals surface area contributed by atoms with Crippen molar-refractivity contribution in [3.8, 4) is 0 Å². The minimum Gasteiger partial charge on any atom is -0.396 e. The summed E-state index contributed by atoms with van der Waals surface area (Å²) >= 11 is 0. The molecule has 0 aromatic rings. The largest absolute Gasteiger partial charge is 0.396 e. The molecule has 1 aliphatic heterocycles. The van der Waals surface area contributed by atoms with E-state index in [1.165, 1.54) is 0 Å². The molecule has 1 saturated heterocycles. The zero-order chi connectivity index (χ0) is 10.4. The summed E-state index contributed by atoms with van der Waals surface area (Å²) in [6.07, 6.45) is 3.92. The normalized spacial score (nSPS) is 19.9. The first-order chi connectivity index (χ1) is 6.76. The van der Waals surface area contributed by atoms with Crippen molar-refractivity contribution in [3.05, 3.63) is 0 Å². The fraction of sp³-hybridized carbons (Fsp3) is 1.00. The van der Waals surface area contributed by atoms with Crippen molar-refractivity contribution in [1.82, 2.24) is 0 Å². The van der Waals surface area contributed by atoms with Crippen LogP contribution in [0.15, 0.2) is 0 Å². The van der Waals surface area contributed by atoms with Crippen molar-refractivity contribution in [2.75, 3.05) is 26.4 Å². The van der Waals surface area contributed by atoms with Crippen LogP contribution in [-0.2, 0) is 4.74 Å². The number of ether oxygens (including phenoxy) is 1. The van der Waals surface area contributed by atoms with Crippen LogP contribution >= 0.6 is 0 Å². The maximum Gasteiger partial charge on any atom is 0.0509 e. The Hall–Kier alpha value is -0.120. The van der Waals surface area contributed by atoms with Crippen molar-refractivity contribution in [2.45, 2.75) is 32.6 Å². The van der Waals surface area contributed by atoms with E-state index >= 15 is 0 Å². The van der Waals surface area contributed by atoms with E-state index in [1.54, 1.807) is 0 Å². The summed E-state index contributed by atoms with van der Waals surface area (Å²) in [5.41, 5.74) is -0.262. The van der Waals surface area contributed by atoms with Gasteiger partial charge in [0.25, 0.3) is 0 Å². The second kappa shape index (κ2) is 5.69. The topological polar surface area (TPSA) is 49.7 Å². The standard InChI is InChI=1S/C11H22O3/c1-2-11(8-12,9-13)7-10-3-5-14-6-4-10/h10,12-13H,2-9H2,1H3. The van der Waals surface area contributed by atoms with Gasteiger partial charge in [0, 0.05) is 18.6 Å².